The summed E-state index contributed by atoms with van der Waals surface area (Å²) in [5, 5.41) is 20.1. The van der Waals surface area contributed by atoms with E-state index in [2.05, 4.69) is 5.32 Å². The van der Waals surface area contributed by atoms with Gasteiger partial charge in [-0.05, 0) is 25.3 Å². The fourth-order valence-electron chi connectivity index (χ4n) is 2.25. The Bertz CT molecular complexity index is 283. The smallest absolute Gasteiger partial charge is 0.332 e. The van der Waals surface area contributed by atoms with E-state index in [1.807, 2.05) is 0 Å². The lowest BCUT2D eigenvalue weighted by Gasteiger charge is -2.17. The average molecular weight is 244 g/mol. The van der Waals surface area contributed by atoms with Crippen molar-refractivity contribution < 1.29 is 19.8 Å². The van der Waals surface area contributed by atoms with Crippen molar-refractivity contribution in [2.75, 3.05) is 13.1 Å². The van der Waals surface area contributed by atoms with Gasteiger partial charge >= 0.3 is 5.97 Å². The number of hydrogen-bond donors (Lipinski definition) is 4. The van der Waals surface area contributed by atoms with Gasteiger partial charge in [-0.3, -0.25) is 4.79 Å². The van der Waals surface area contributed by atoms with Crippen LogP contribution in [0.2, 0.25) is 0 Å². The zero-order valence-corrected chi connectivity index (χ0v) is 9.76. The molecule has 98 valence electrons. The minimum atomic E-state index is -1.41. The number of aliphatic carboxylic acids is 1. The summed E-state index contributed by atoms with van der Waals surface area (Å²) in [7, 11) is 0. The number of rotatable bonds is 6. The van der Waals surface area contributed by atoms with Crippen LogP contribution in [0.15, 0.2) is 0 Å². The molecule has 1 amide bonds. The molecule has 1 rings (SSSR count). The molecule has 1 aliphatic carbocycles. The van der Waals surface area contributed by atoms with Gasteiger partial charge in [0, 0.05) is 18.9 Å². The second-order valence-corrected chi connectivity index (χ2v) is 4.47. The Kier molecular flexibility index (Phi) is 5.37. The zero-order valence-electron chi connectivity index (χ0n) is 9.76. The normalized spacial score (nSPS) is 25.5. The first-order chi connectivity index (χ1) is 8.06. The predicted molar refractivity (Wildman–Crippen MR) is 61.2 cm³/mol. The first-order valence-corrected chi connectivity index (χ1v) is 5.95. The maximum atomic E-state index is 11.8. The van der Waals surface area contributed by atoms with E-state index in [0.29, 0.717) is 6.54 Å². The highest BCUT2D eigenvalue weighted by Gasteiger charge is 2.31. The van der Waals surface area contributed by atoms with Gasteiger partial charge in [0.05, 0.1) is 0 Å². The van der Waals surface area contributed by atoms with E-state index in [1.54, 1.807) is 0 Å². The Morgan fingerprint density at radius 3 is 2.71 bits per heavy atom. The number of amides is 1. The number of carboxylic acids is 1. The van der Waals surface area contributed by atoms with Crippen molar-refractivity contribution in [3.8, 4) is 0 Å². The second kappa shape index (κ2) is 6.56. The highest BCUT2D eigenvalue weighted by Crippen LogP contribution is 2.30. The molecular formula is C11H20N2O4. The number of carbonyl (C=O) groups excluding carboxylic acids is 1. The van der Waals surface area contributed by atoms with E-state index in [0.717, 1.165) is 19.3 Å². The number of nitrogens with two attached hydrogens (primary N) is 1. The molecule has 1 saturated carbocycles. The molecule has 1 fully saturated rings. The molecule has 0 aliphatic heterocycles. The molecule has 0 aromatic heterocycles. The van der Waals surface area contributed by atoms with Crippen LogP contribution < -0.4 is 11.1 Å². The molecule has 2 unspecified atom stereocenters. The van der Waals surface area contributed by atoms with Crippen LogP contribution in [0.25, 0.3) is 0 Å². The summed E-state index contributed by atoms with van der Waals surface area (Å²) in [6.07, 6.45) is 1.45. The first kappa shape index (κ1) is 13.9. The lowest BCUT2D eigenvalue weighted by molar-refractivity contribution is -0.147. The molecule has 6 heteroatoms. The summed E-state index contributed by atoms with van der Waals surface area (Å²) in [6.45, 7) is 0.690. The Balaban J connectivity index is 2.27. The van der Waals surface area contributed by atoms with E-state index >= 15 is 0 Å². The number of hydrogen-bond acceptors (Lipinski definition) is 4. The van der Waals surface area contributed by atoms with Crippen LogP contribution >= 0.6 is 0 Å². The van der Waals surface area contributed by atoms with Gasteiger partial charge in [-0.15, -0.1) is 0 Å². The van der Waals surface area contributed by atoms with Crippen molar-refractivity contribution in [3.05, 3.63) is 0 Å². The Morgan fingerprint density at radius 1 is 1.41 bits per heavy atom. The molecule has 6 nitrogen and oxygen atoms in total. The lowest BCUT2D eigenvalue weighted by Crippen LogP contribution is -2.37. The number of carbonyl (C=O) groups is 2. The van der Waals surface area contributed by atoms with Gasteiger partial charge in [-0.25, -0.2) is 4.79 Å². The topological polar surface area (TPSA) is 113 Å². The van der Waals surface area contributed by atoms with Crippen molar-refractivity contribution in [1.29, 1.82) is 0 Å². The summed E-state index contributed by atoms with van der Waals surface area (Å²) in [6, 6.07) is 0. The van der Waals surface area contributed by atoms with E-state index in [9.17, 15) is 9.59 Å². The SMILES string of the molecule is NCC1CCCC1C(=O)NCC[C@H](O)C(=O)O. The number of aliphatic hydroxyl groups is 1. The average Bonchev–Trinajstić information content (AvgIpc) is 2.76. The maximum Gasteiger partial charge on any atom is 0.332 e. The van der Waals surface area contributed by atoms with Crippen molar-refractivity contribution in [2.45, 2.75) is 31.8 Å². The first-order valence-electron chi connectivity index (χ1n) is 5.95. The summed E-state index contributed by atoms with van der Waals surface area (Å²) in [5.74, 6) is -1.16. The number of nitrogens with one attached hydrogen (secondary N) is 1. The minimum Gasteiger partial charge on any atom is -0.479 e. The fraction of sp³-hybridized carbons (Fsp3) is 0.818. The van der Waals surface area contributed by atoms with E-state index in [1.165, 1.54) is 0 Å². The molecule has 17 heavy (non-hydrogen) atoms. The molecule has 0 spiro atoms. The summed E-state index contributed by atoms with van der Waals surface area (Å²) < 4.78 is 0. The van der Waals surface area contributed by atoms with Crippen LogP contribution in [0.5, 0.6) is 0 Å². The zero-order chi connectivity index (χ0) is 12.8. The summed E-state index contributed by atoms with van der Waals surface area (Å²) in [4.78, 5) is 22.1. The van der Waals surface area contributed by atoms with Gasteiger partial charge in [0.15, 0.2) is 6.10 Å². The molecule has 0 aromatic rings. The third-order valence-corrected chi connectivity index (χ3v) is 3.30. The Hall–Kier alpha value is -1.14. The fourth-order valence-corrected chi connectivity index (χ4v) is 2.25. The third kappa shape index (κ3) is 3.98. The molecular weight excluding hydrogens is 224 g/mol. The molecule has 0 saturated heterocycles. The van der Waals surface area contributed by atoms with Crippen molar-refractivity contribution in [2.24, 2.45) is 17.6 Å². The van der Waals surface area contributed by atoms with Gasteiger partial charge in [-0.2, -0.15) is 0 Å². The Morgan fingerprint density at radius 2 is 2.12 bits per heavy atom. The van der Waals surface area contributed by atoms with Crippen LogP contribution in [0.4, 0.5) is 0 Å². The monoisotopic (exact) mass is 244 g/mol. The van der Waals surface area contributed by atoms with Gasteiger partial charge in [0.1, 0.15) is 0 Å². The van der Waals surface area contributed by atoms with E-state index in [4.69, 9.17) is 15.9 Å². The van der Waals surface area contributed by atoms with Crippen LogP contribution in [-0.2, 0) is 9.59 Å². The molecule has 0 heterocycles. The largest absolute Gasteiger partial charge is 0.479 e. The molecule has 3 atom stereocenters. The standard InChI is InChI=1S/C11H20N2O4/c12-6-7-2-1-3-8(7)10(15)13-5-4-9(14)11(16)17/h7-9,14H,1-6,12H2,(H,13,15)(H,16,17)/t7?,8?,9-/m0/s1. The van der Waals surface area contributed by atoms with Crippen molar-refractivity contribution in [3.63, 3.8) is 0 Å². The molecule has 1 aliphatic rings. The lowest BCUT2D eigenvalue weighted by atomic mass is 9.95. The van der Waals surface area contributed by atoms with Gasteiger partial charge in [0.2, 0.25) is 5.91 Å². The maximum absolute atomic E-state index is 11.8. The van der Waals surface area contributed by atoms with Gasteiger partial charge < -0.3 is 21.3 Å². The van der Waals surface area contributed by atoms with E-state index < -0.39 is 12.1 Å². The number of carboxylic acid groups (broad SMARTS) is 1. The van der Waals surface area contributed by atoms with Crippen LogP contribution in [0, 0.1) is 11.8 Å². The summed E-state index contributed by atoms with van der Waals surface area (Å²) in [5.41, 5.74) is 5.58. The minimum absolute atomic E-state index is 0.0289. The van der Waals surface area contributed by atoms with Crippen molar-refractivity contribution >= 4 is 11.9 Å². The predicted octanol–water partition coefficient (Wildman–Crippen LogP) is -0.687. The highest BCUT2D eigenvalue weighted by atomic mass is 16.4. The van der Waals surface area contributed by atoms with Gasteiger partial charge in [0.25, 0.3) is 0 Å². The summed E-state index contributed by atoms with van der Waals surface area (Å²) >= 11 is 0. The quantitative estimate of drug-likeness (QED) is 0.494. The second-order valence-electron chi connectivity index (χ2n) is 4.47. The number of aliphatic hydroxyl groups excluding tert-OH is 1. The van der Waals surface area contributed by atoms with Crippen LogP contribution in [0.3, 0.4) is 0 Å². The van der Waals surface area contributed by atoms with E-state index in [-0.39, 0.29) is 30.7 Å². The third-order valence-electron chi connectivity index (χ3n) is 3.30. The molecule has 5 N–H and O–H groups in total. The highest BCUT2D eigenvalue weighted by molar-refractivity contribution is 5.79. The van der Waals surface area contributed by atoms with Gasteiger partial charge in [-0.1, -0.05) is 6.42 Å². The van der Waals surface area contributed by atoms with Crippen LogP contribution in [-0.4, -0.2) is 41.3 Å². The van der Waals surface area contributed by atoms with Crippen molar-refractivity contribution in [1.82, 2.24) is 5.32 Å². The Labute approximate surface area is 100 Å². The molecule has 0 radical (unpaired) electrons. The molecule has 0 aromatic carbocycles. The van der Waals surface area contributed by atoms with Crippen LogP contribution in [0.1, 0.15) is 25.7 Å². The molecule has 0 bridgehead atoms.